The Balaban J connectivity index is 1.91. The van der Waals surface area contributed by atoms with E-state index in [-0.39, 0.29) is 5.56 Å². The van der Waals surface area contributed by atoms with Crippen LogP contribution in [-0.4, -0.2) is 37.3 Å². The van der Waals surface area contributed by atoms with Crippen LogP contribution in [0.4, 0.5) is 11.4 Å². The van der Waals surface area contributed by atoms with Crippen molar-refractivity contribution in [2.24, 2.45) is 10.2 Å². The van der Waals surface area contributed by atoms with Crippen molar-refractivity contribution in [3.05, 3.63) is 65.0 Å². The fourth-order valence-electron chi connectivity index (χ4n) is 5.21. The van der Waals surface area contributed by atoms with Gasteiger partial charge in [-0.2, -0.15) is 10.2 Å². The summed E-state index contributed by atoms with van der Waals surface area (Å²) in [5.41, 5.74) is 5.58. The molecule has 0 amide bonds. The number of aromatic carboxylic acids is 1. The van der Waals surface area contributed by atoms with Crippen LogP contribution in [0.3, 0.4) is 0 Å². The fraction of sp³-hybridized carbons (Fsp3) is 0.310. The maximum Gasteiger partial charge on any atom is 0.338 e. The third-order valence-electron chi connectivity index (χ3n) is 7.10. The van der Waals surface area contributed by atoms with Gasteiger partial charge in [-0.1, -0.05) is 12.1 Å². The molecule has 2 aliphatic heterocycles. The van der Waals surface area contributed by atoms with E-state index in [1.54, 1.807) is 0 Å². The predicted molar refractivity (Wildman–Crippen MR) is 143 cm³/mol. The SMILES string of the molecule is CCN(CC)c1ccc2c(-c3ccc4c(c3C(=O)O)N=NC4)c3ccc(=[N+](CC)CC)cc-3oc2c1. The highest BCUT2D eigenvalue weighted by atomic mass is 16.4. The zero-order valence-electron chi connectivity index (χ0n) is 21.2. The molecule has 0 atom stereocenters. The van der Waals surface area contributed by atoms with E-state index >= 15 is 0 Å². The molecule has 0 bridgehead atoms. The smallest absolute Gasteiger partial charge is 0.338 e. The first kappa shape index (κ1) is 23.7. The van der Waals surface area contributed by atoms with Crippen LogP contribution in [0.2, 0.25) is 0 Å². The second-order valence-electron chi connectivity index (χ2n) is 8.88. The van der Waals surface area contributed by atoms with Crippen molar-refractivity contribution in [1.82, 2.24) is 4.58 Å². The van der Waals surface area contributed by atoms with Crippen LogP contribution in [0.25, 0.3) is 33.4 Å². The minimum absolute atomic E-state index is 0.184. The molecule has 184 valence electrons. The summed E-state index contributed by atoms with van der Waals surface area (Å²) in [7, 11) is 0. The Kier molecular flexibility index (Phi) is 6.31. The van der Waals surface area contributed by atoms with Crippen LogP contribution in [0.15, 0.2) is 63.2 Å². The van der Waals surface area contributed by atoms with Crippen molar-refractivity contribution >= 4 is 28.3 Å². The molecule has 0 radical (unpaired) electrons. The molecular weight excluding hydrogens is 452 g/mol. The Morgan fingerprint density at radius 3 is 2.44 bits per heavy atom. The van der Waals surface area contributed by atoms with Crippen molar-refractivity contribution in [3.8, 4) is 22.5 Å². The first-order chi connectivity index (χ1) is 17.5. The number of fused-ring (bicyclic) bond motifs is 3. The van der Waals surface area contributed by atoms with Gasteiger partial charge in [0.15, 0.2) is 0 Å². The quantitative estimate of drug-likeness (QED) is 0.252. The van der Waals surface area contributed by atoms with E-state index in [1.165, 1.54) is 0 Å². The summed E-state index contributed by atoms with van der Waals surface area (Å²) < 4.78 is 8.79. The summed E-state index contributed by atoms with van der Waals surface area (Å²) in [4.78, 5) is 14.8. The molecule has 0 spiro atoms. The number of hydrogen-bond acceptors (Lipinski definition) is 5. The summed E-state index contributed by atoms with van der Waals surface area (Å²) in [5.74, 6) is -0.290. The summed E-state index contributed by atoms with van der Waals surface area (Å²) in [6.45, 7) is 12.5. The highest BCUT2D eigenvalue weighted by Crippen LogP contribution is 2.45. The van der Waals surface area contributed by atoms with Gasteiger partial charge in [0.05, 0.1) is 18.2 Å². The van der Waals surface area contributed by atoms with Crippen LogP contribution < -0.4 is 14.8 Å². The minimum Gasteiger partial charge on any atom is -0.478 e. The Bertz CT molecular complexity index is 1540. The highest BCUT2D eigenvalue weighted by molar-refractivity contribution is 6.10. The van der Waals surface area contributed by atoms with Gasteiger partial charge >= 0.3 is 5.97 Å². The average Bonchev–Trinajstić information content (AvgIpc) is 3.36. The molecule has 2 aromatic rings. The number of azo groups is 1. The molecule has 0 saturated heterocycles. The average molecular weight is 484 g/mol. The van der Waals surface area contributed by atoms with Crippen molar-refractivity contribution in [2.75, 3.05) is 31.1 Å². The molecule has 36 heavy (non-hydrogen) atoms. The molecule has 7 nitrogen and oxygen atoms in total. The van der Waals surface area contributed by atoms with Gasteiger partial charge in [0, 0.05) is 53.0 Å². The number of carboxylic acids is 1. The predicted octanol–water partition coefficient (Wildman–Crippen LogP) is 6.16. The van der Waals surface area contributed by atoms with Crippen molar-refractivity contribution < 1.29 is 14.3 Å². The molecule has 0 fully saturated rings. The number of anilines is 1. The van der Waals surface area contributed by atoms with Crippen LogP contribution in [0.1, 0.15) is 43.6 Å². The van der Waals surface area contributed by atoms with Crippen molar-refractivity contribution in [2.45, 2.75) is 34.2 Å². The molecule has 1 N–H and O–H groups in total. The molecule has 2 aromatic carbocycles. The van der Waals surface area contributed by atoms with E-state index in [0.717, 1.165) is 70.6 Å². The van der Waals surface area contributed by atoms with Gasteiger partial charge < -0.3 is 14.4 Å². The summed E-state index contributed by atoms with van der Waals surface area (Å²) >= 11 is 0. The van der Waals surface area contributed by atoms with Gasteiger partial charge in [-0.25, -0.2) is 9.37 Å². The molecule has 0 aromatic heterocycles. The number of nitrogens with zero attached hydrogens (tertiary/aromatic N) is 4. The topological polar surface area (TPSA) is 81.4 Å². The standard InChI is InChI=1S/C29H30N4O3/c1-5-32(6-2)19-10-13-21-24(15-19)36-25-16-20(33(7-3)8-4)11-14-22(25)26(21)23-12-9-18-17-30-31-28(18)27(23)29(34)35/h9-16H,5-8,17H2,1-4H3/p+1. The molecule has 3 aliphatic rings. The zero-order valence-corrected chi connectivity index (χ0v) is 21.2. The number of carbonyl (C=O) groups is 1. The van der Waals surface area contributed by atoms with Gasteiger partial charge in [0.1, 0.15) is 30.1 Å². The zero-order chi connectivity index (χ0) is 25.4. The highest BCUT2D eigenvalue weighted by Gasteiger charge is 2.27. The lowest BCUT2D eigenvalue weighted by molar-refractivity contribution is 0.0698. The van der Waals surface area contributed by atoms with Gasteiger partial charge in [0.2, 0.25) is 5.36 Å². The minimum atomic E-state index is -1.01. The van der Waals surface area contributed by atoms with E-state index in [1.807, 2.05) is 24.3 Å². The van der Waals surface area contributed by atoms with Gasteiger partial charge in [0.25, 0.3) is 0 Å². The maximum atomic E-state index is 12.5. The Hall–Kier alpha value is -4.00. The van der Waals surface area contributed by atoms with Gasteiger partial charge in [-0.3, -0.25) is 0 Å². The molecule has 0 unspecified atom stereocenters. The largest absolute Gasteiger partial charge is 0.478 e. The number of benzene rings is 3. The molecule has 5 rings (SSSR count). The lowest BCUT2D eigenvalue weighted by atomic mass is 9.89. The molecule has 0 saturated carbocycles. The monoisotopic (exact) mass is 483 g/mol. The first-order valence-corrected chi connectivity index (χ1v) is 12.6. The summed E-state index contributed by atoms with van der Waals surface area (Å²) in [5, 5.41) is 20.5. The molecule has 2 heterocycles. The maximum absolute atomic E-state index is 12.5. The van der Waals surface area contributed by atoms with Crippen LogP contribution in [0, 0.1) is 0 Å². The van der Waals surface area contributed by atoms with Gasteiger partial charge in [-0.05, 0) is 51.5 Å². The van der Waals surface area contributed by atoms with Crippen LogP contribution in [-0.2, 0) is 6.54 Å². The van der Waals surface area contributed by atoms with Crippen molar-refractivity contribution in [3.63, 3.8) is 0 Å². The Labute approximate surface area is 210 Å². The lowest BCUT2D eigenvalue weighted by Crippen LogP contribution is -2.29. The molecular formula is C29H31N4O3+. The third kappa shape index (κ3) is 3.85. The second kappa shape index (κ2) is 9.57. The second-order valence-corrected chi connectivity index (χ2v) is 8.88. The molecule has 7 heteroatoms. The summed E-state index contributed by atoms with van der Waals surface area (Å²) in [6.07, 6.45) is 0. The first-order valence-electron chi connectivity index (χ1n) is 12.6. The number of carboxylic acid groups (broad SMARTS) is 1. The van der Waals surface area contributed by atoms with Crippen LogP contribution in [0.5, 0.6) is 0 Å². The van der Waals surface area contributed by atoms with E-state index < -0.39 is 5.97 Å². The van der Waals surface area contributed by atoms with Crippen molar-refractivity contribution in [1.29, 1.82) is 0 Å². The lowest BCUT2D eigenvalue weighted by Gasteiger charge is -2.22. The van der Waals surface area contributed by atoms with Gasteiger partial charge in [-0.15, -0.1) is 0 Å². The fourth-order valence-corrected chi connectivity index (χ4v) is 5.21. The van der Waals surface area contributed by atoms with E-state index in [4.69, 9.17) is 4.42 Å². The third-order valence-corrected chi connectivity index (χ3v) is 7.10. The van der Waals surface area contributed by atoms with E-state index in [9.17, 15) is 9.90 Å². The normalized spacial score (nSPS) is 12.3. The van der Waals surface area contributed by atoms with Crippen LogP contribution >= 0.6 is 0 Å². The van der Waals surface area contributed by atoms with E-state index in [2.05, 4.69) is 71.7 Å². The Morgan fingerprint density at radius 1 is 1.00 bits per heavy atom. The Morgan fingerprint density at radius 2 is 1.75 bits per heavy atom. The molecule has 1 aliphatic carbocycles. The number of hydrogen-bond donors (Lipinski definition) is 1. The summed E-state index contributed by atoms with van der Waals surface area (Å²) in [6, 6.07) is 16.2. The number of rotatable bonds is 7. The van der Waals surface area contributed by atoms with E-state index in [0.29, 0.717) is 17.8 Å².